The summed E-state index contributed by atoms with van der Waals surface area (Å²) in [5, 5.41) is 39.0. The molecule has 0 spiro atoms. The molecule has 0 unspecified atom stereocenters. The van der Waals surface area contributed by atoms with E-state index in [1.165, 1.54) is 24.3 Å². The molecule has 24 heavy (non-hydrogen) atoms. The van der Waals surface area contributed by atoms with Crippen LogP contribution in [0.2, 0.25) is 0 Å². The Morgan fingerprint density at radius 3 is 2.54 bits per heavy atom. The Labute approximate surface area is 139 Å². The second kappa shape index (κ2) is 6.49. The van der Waals surface area contributed by atoms with Gasteiger partial charge in [0.1, 0.15) is 23.4 Å². The molecule has 0 fully saturated rings. The van der Waals surface area contributed by atoms with Gasteiger partial charge < -0.3 is 29.9 Å². The summed E-state index contributed by atoms with van der Waals surface area (Å²) in [4.78, 5) is 0. The van der Waals surface area contributed by atoms with Gasteiger partial charge in [0.25, 0.3) is 0 Å². The average Bonchev–Trinajstić information content (AvgIpc) is 2.55. The molecule has 0 bridgehead atoms. The van der Waals surface area contributed by atoms with Crippen molar-refractivity contribution in [3.05, 3.63) is 41.5 Å². The van der Waals surface area contributed by atoms with Gasteiger partial charge in [-0.1, -0.05) is 13.0 Å². The van der Waals surface area contributed by atoms with Crippen LogP contribution in [-0.4, -0.2) is 33.1 Å². The lowest BCUT2D eigenvalue weighted by Crippen LogP contribution is -2.33. The van der Waals surface area contributed by atoms with Gasteiger partial charge in [-0.2, -0.15) is 0 Å². The van der Waals surface area contributed by atoms with Crippen molar-refractivity contribution < 1.29 is 29.9 Å². The molecule has 2 aromatic rings. The Balaban J connectivity index is 1.99. The zero-order valence-corrected chi connectivity index (χ0v) is 13.3. The van der Waals surface area contributed by atoms with Gasteiger partial charge in [-0.3, -0.25) is 0 Å². The maximum atomic E-state index is 10.0. The molecule has 0 saturated heterocycles. The van der Waals surface area contributed by atoms with Gasteiger partial charge >= 0.3 is 0 Å². The first-order valence-electron chi connectivity index (χ1n) is 7.84. The number of hydrogen-bond donors (Lipinski definition) is 4. The minimum atomic E-state index is -0.531. The third kappa shape index (κ3) is 3.05. The van der Waals surface area contributed by atoms with Crippen LogP contribution in [0.1, 0.15) is 30.6 Å². The Hall–Kier alpha value is -2.60. The van der Waals surface area contributed by atoms with E-state index in [0.717, 1.165) is 6.42 Å². The van der Waals surface area contributed by atoms with E-state index in [9.17, 15) is 20.4 Å². The van der Waals surface area contributed by atoms with Crippen molar-refractivity contribution in [1.29, 1.82) is 0 Å². The molecule has 6 nitrogen and oxygen atoms in total. The fourth-order valence-corrected chi connectivity index (χ4v) is 2.86. The first-order valence-corrected chi connectivity index (χ1v) is 7.84. The van der Waals surface area contributed by atoms with Gasteiger partial charge in [0.2, 0.25) is 0 Å². The highest BCUT2D eigenvalue weighted by Gasteiger charge is 2.34. The topological polar surface area (TPSA) is 99.4 Å². The van der Waals surface area contributed by atoms with Crippen LogP contribution in [0.3, 0.4) is 0 Å². The first kappa shape index (κ1) is 16.3. The molecule has 128 valence electrons. The molecule has 0 radical (unpaired) electrons. The highest BCUT2D eigenvalue weighted by molar-refractivity contribution is 5.52. The van der Waals surface area contributed by atoms with E-state index in [1.54, 1.807) is 6.07 Å². The number of phenols is 4. The van der Waals surface area contributed by atoms with Crippen LogP contribution in [0.5, 0.6) is 28.7 Å². The molecular formula is C18H20O6. The maximum absolute atomic E-state index is 10.0. The average molecular weight is 332 g/mol. The zero-order valence-electron chi connectivity index (χ0n) is 13.3. The van der Waals surface area contributed by atoms with Crippen LogP contribution in [-0.2, 0) is 11.2 Å². The molecule has 2 aromatic carbocycles. The number of rotatable bonds is 4. The second-order valence-electron chi connectivity index (χ2n) is 5.84. The van der Waals surface area contributed by atoms with E-state index in [2.05, 4.69) is 0 Å². The van der Waals surface area contributed by atoms with E-state index in [0.29, 0.717) is 29.9 Å². The molecule has 1 aliphatic rings. The van der Waals surface area contributed by atoms with Crippen LogP contribution in [0, 0.1) is 0 Å². The Morgan fingerprint density at radius 2 is 1.83 bits per heavy atom. The molecule has 0 aromatic heterocycles. The molecule has 4 N–H and O–H groups in total. The van der Waals surface area contributed by atoms with Crippen molar-refractivity contribution in [2.45, 2.75) is 32.0 Å². The van der Waals surface area contributed by atoms with Crippen molar-refractivity contribution in [2.75, 3.05) is 6.61 Å². The molecular weight excluding hydrogens is 312 g/mol. The zero-order chi connectivity index (χ0) is 17.3. The van der Waals surface area contributed by atoms with Gasteiger partial charge in [-0.25, -0.2) is 0 Å². The number of benzene rings is 2. The van der Waals surface area contributed by atoms with Crippen LogP contribution in [0.4, 0.5) is 0 Å². The molecule has 6 heteroatoms. The third-order valence-electron chi connectivity index (χ3n) is 4.03. The quantitative estimate of drug-likeness (QED) is 0.642. The summed E-state index contributed by atoms with van der Waals surface area (Å²) in [6.45, 7) is 2.53. The largest absolute Gasteiger partial charge is 0.508 e. The smallest absolute Gasteiger partial charge is 0.157 e. The Bertz CT molecular complexity index is 743. The van der Waals surface area contributed by atoms with Crippen molar-refractivity contribution in [3.63, 3.8) is 0 Å². The molecule has 2 atom stereocenters. The monoisotopic (exact) mass is 332 g/mol. The van der Waals surface area contributed by atoms with Crippen LogP contribution >= 0.6 is 0 Å². The number of fused-ring (bicyclic) bond motifs is 1. The van der Waals surface area contributed by atoms with E-state index in [1.807, 2.05) is 6.92 Å². The van der Waals surface area contributed by atoms with Gasteiger partial charge in [-0.15, -0.1) is 0 Å². The molecule has 3 rings (SSSR count). The normalized spacial score (nSPS) is 19.5. The van der Waals surface area contributed by atoms with Crippen molar-refractivity contribution in [3.8, 4) is 28.7 Å². The summed E-state index contributed by atoms with van der Waals surface area (Å²) in [5.41, 5.74) is 1.22. The van der Waals surface area contributed by atoms with Gasteiger partial charge in [0, 0.05) is 30.7 Å². The lowest BCUT2D eigenvalue weighted by molar-refractivity contribution is -0.0379. The second-order valence-corrected chi connectivity index (χ2v) is 5.84. The molecule has 1 heterocycles. The standard InChI is InChI=1S/C18H20O6/c1-2-5-23-17-9-12-14(21)7-11(19)8-16(12)24-18(17)10-3-4-13(20)15(22)6-10/h3-4,6-8,17-22H,2,5,9H2,1H3/t17-,18+/m0/s1. The lowest BCUT2D eigenvalue weighted by Gasteiger charge is -2.34. The van der Waals surface area contributed by atoms with Crippen LogP contribution in [0.25, 0.3) is 0 Å². The van der Waals surface area contributed by atoms with Crippen molar-refractivity contribution in [1.82, 2.24) is 0 Å². The minimum Gasteiger partial charge on any atom is -0.508 e. The van der Waals surface area contributed by atoms with Gasteiger partial charge in [0.15, 0.2) is 17.6 Å². The third-order valence-corrected chi connectivity index (χ3v) is 4.03. The number of phenolic OH excluding ortho intramolecular Hbond substituents is 4. The first-order chi connectivity index (χ1) is 11.5. The highest BCUT2D eigenvalue weighted by Crippen LogP contribution is 2.43. The maximum Gasteiger partial charge on any atom is 0.157 e. The summed E-state index contributed by atoms with van der Waals surface area (Å²) in [6, 6.07) is 7.18. The summed E-state index contributed by atoms with van der Waals surface area (Å²) in [5.74, 6) is -0.207. The van der Waals surface area contributed by atoms with Gasteiger partial charge in [0.05, 0.1) is 0 Å². The van der Waals surface area contributed by atoms with Crippen molar-refractivity contribution >= 4 is 0 Å². The summed E-state index contributed by atoms with van der Waals surface area (Å²) >= 11 is 0. The van der Waals surface area contributed by atoms with Gasteiger partial charge in [-0.05, 0) is 24.1 Å². The summed E-state index contributed by atoms with van der Waals surface area (Å²) < 4.78 is 11.8. The van der Waals surface area contributed by atoms with Crippen LogP contribution in [0.15, 0.2) is 30.3 Å². The fourth-order valence-electron chi connectivity index (χ4n) is 2.86. The predicted molar refractivity (Wildman–Crippen MR) is 86.6 cm³/mol. The highest BCUT2D eigenvalue weighted by atomic mass is 16.5. The summed E-state index contributed by atoms with van der Waals surface area (Å²) in [7, 11) is 0. The summed E-state index contributed by atoms with van der Waals surface area (Å²) in [6.07, 6.45) is 0.347. The minimum absolute atomic E-state index is 0.0397. The Kier molecular flexibility index (Phi) is 4.40. The number of ether oxygens (including phenoxy) is 2. The number of aromatic hydroxyl groups is 4. The van der Waals surface area contributed by atoms with E-state index < -0.39 is 6.10 Å². The molecule has 0 saturated carbocycles. The van der Waals surface area contributed by atoms with E-state index in [4.69, 9.17) is 9.47 Å². The predicted octanol–water partition coefficient (Wildman–Crippen LogP) is 2.98. The van der Waals surface area contributed by atoms with Crippen LogP contribution < -0.4 is 4.74 Å². The van der Waals surface area contributed by atoms with E-state index >= 15 is 0 Å². The van der Waals surface area contributed by atoms with E-state index in [-0.39, 0.29) is 29.1 Å². The molecule has 0 aliphatic carbocycles. The SMILES string of the molecule is CCCO[C@H]1Cc2c(O)cc(O)cc2O[C@@H]1c1ccc(O)c(O)c1. The fraction of sp³-hybridized carbons (Fsp3) is 0.333. The lowest BCUT2D eigenvalue weighted by atomic mass is 9.93. The Morgan fingerprint density at radius 1 is 1.04 bits per heavy atom. The van der Waals surface area contributed by atoms with Crippen molar-refractivity contribution in [2.24, 2.45) is 0 Å². The molecule has 1 aliphatic heterocycles. The molecule has 0 amide bonds. The number of hydrogen-bond acceptors (Lipinski definition) is 6.